The summed E-state index contributed by atoms with van der Waals surface area (Å²) in [4.78, 5) is 10.5. The number of hydrogen-bond acceptors (Lipinski definition) is 6. The van der Waals surface area contributed by atoms with Gasteiger partial charge in [0.25, 0.3) is 0 Å². The van der Waals surface area contributed by atoms with E-state index in [0.717, 1.165) is 23.1 Å². The first kappa shape index (κ1) is 28.9. The van der Waals surface area contributed by atoms with Gasteiger partial charge in [0.1, 0.15) is 18.1 Å². The lowest BCUT2D eigenvalue weighted by atomic mass is 9.52. The molecule has 0 unspecified atom stereocenters. The van der Waals surface area contributed by atoms with Crippen molar-refractivity contribution < 1.29 is 9.90 Å². The standard InChI is InChI=1S/C13H12N2O.C9H19N.C7H4ClNO/c14-15-13-7-5-12(6-8-13)11-3-1-10(9-16)2-4-11;1-8(2)6-9(3,4)7(8)10-5;8-7-3-6(10)2-1-5(7)4-9/h1-9,15H,14H2;7,10H,6H2,1-5H3;1-3,10H. The molecular weight excluding hydrogens is 472 g/mol. The third kappa shape index (κ3) is 7.56. The number of benzene rings is 3. The van der Waals surface area contributed by atoms with E-state index in [2.05, 4.69) is 45.5 Å². The Hall–Kier alpha value is -3.37. The Labute approximate surface area is 219 Å². The van der Waals surface area contributed by atoms with E-state index in [-0.39, 0.29) is 10.8 Å². The van der Waals surface area contributed by atoms with E-state index in [1.165, 1.54) is 24.6 Å². The third-order valence-electron chi connectivity index (χ3n) is 6.27. The molecule has 7 heteroatoms. The molecule has 3 aromatic rings. The van der Waals surface area contributed by atoms with E-state index in [9.17, 15) is 4.79 Å². The van der Waals surface area contributed by atoms with Crippen molar-refractivity contribution in [2.24, 2.45) is 16.7 Å². The second-order valence-electron chi connectivity index (χ2n) is 10.1. The average Bonchev–Trinajstić information content (AvgIpc) is 2.84. The number of carbonyl (C=O) groups excluding carboxylic acids is 1. The SMILES string of the molecule is CNC1C(C)(C)CC1(C)C.N#Cc1ccc(O)cc1Cl.NNc1ccc(-c2ccc(C=O)cc2)cc1. The average molecular weight is 507 g/mol. The van der Waals surface area contributed by atoms with Gasteiger partial charge in [-0.05, 0) is 65.8 Å². The number of hydrogen-bond donors (Lipinski definition) is 4. The van der Waals surface area contributed by atoms with Gasteiger partial charge in [-0.15, -0.1) is 0 Å². The van der Waals surface area contributed by atoms with Gasteiger partial charge in [-0.25, -0.2) is 0 Å². The predicted octanol–water partition coefficient (Wildman–Crippen LogP) is 6.40. The number of nitrogen functional groups attached to an aromatic ring is 1. The van der Waals surface area contributed by atoms with Crippen molar-refractivity contribution in [3.63, 3.8) is 0 Å². The molecule has 1 aliphatic carbocycles. The van der Waals surface area contributed by atoms with E-state index < -0.39 is 0 Å². The van der Waals surface area contributed by atoms with Crippen molar-refractivity contribution in [3.8, 4) is 22.9 Å². The maximum Gasteiger partial charge on any atom is 0.150 e. The topological polar surface area (TPSA) is 111 Å². The lowest BCUT2D eigenvalue weighted by Gasteiger charge is -2.57. The highest BCUT2D eigenvalue weighted by Gasteiger charge is 2.51. The minimum Gasteiger partial charge on any atom is -0.508 e. The van der Waals surface area contributed by atoms with Crippen LogP contribution < -0.4 is 16.6 Å². The Kier molecular flexibility index (Phi) is 10.1. The molecule has 4 rings (SSSR count). The molecule has 1 aliphatic rings. The van der Waals surface area contributed by atoms with Crippen LogP contribution >= 0.6 is 11.6 Å². The van der Waals surface area contributed by atoms with Gasteiger partial charge in [-0.2, -0.15) is 5.26 Å². The number of hydrazine groups is 1. The Morgan fingerprint density at radius 1 is 1.00 bits per heavy atom. The first-order valence-electron chi connectivity index (χ1n) is 11.7. The molecule has 0 amide bonds. The van der Waals surface area contributed by atoms with Crippen LogP contribution in [0, 0.1) is 22.2 Å². The molecule has 36 heavy (non-hydrogen) atoms. The van der Waals surface area contributed by atoms with Gasteiger partial charge < -0.3 is 15.8 Å². The van der Waals surface area contributed by atoms with Crippen molar-refractivity contribution in [3.05, 3.63) is 82.9 Å². The van der Waals surface area contributed by atoms with Gasteiger partial charge in [-0.1, -0.05) is 75.7 Å². The highest BCUT2D eigenvalue weighted by molar-refractivity contribution is 6.31. The van der Waals surface area contributed by atoms with Crippen molar-refractivity contribution >= 4 is 23.6 Å². The fraction of sp³-hybridized carbons (Fsp3) is 0.310. The molecule has 0 bridgehead atoms. The molecule has 0 heterocycles. The Morgan fingerprint density at radius 3 is 1.89 bits per heavy atom. The number of nitriles is 1. The number of rotatable bonds is 4. The van der Waals surface area contributed by atoms with Crippen LogP contribution in [0.3, 0.4) is 0 Å². The maximum absolute atomic E-state index is 10.5. The van der Waals surface area contributed by atoms with E-state index in [1.807, 2.05) is 42.5 Å². The van der Waals surface area contributed by atoms with Gasteiger partial charge in [0.05, 0.1) is 10.6 Å². The summed E-state index contributed by atoms with van der Waals surface area (Å²) in [6, 6.07) is 22.0. The van der Waals surface area contributed by atoms with E-state index in [4.69, 9.17) is 27.8 Å². The summed E-state index contributed by atoms with van der Waals surface area (Å²) in [6.45, 7) is 9.33. The molecule has 0 spiro atoms. The number of phenols is 1. The Morgan fingerprint density at radius 2 is 1.53 bits per heavy atom. The van der Waals surface area contributed by atoms with Crippen LogP contribution in [0.2, 0.25) is 5.02 Å². The summed E-state index contributed by atoms with van der Waals surface area (Å²) in [5.41, 5.74) is 7.70. The van der Waals surface area contributed by atoms with Gasteiger partial charge in [-0.3, -0.25) is 10.6 Å². The zero-order chi connectivity index (χ0) is 26.9. The molecule has 190 valence electrons. The van der Waals surface area contributed by atoms with Gasteiger partial charge in [0.2, 0.25) is 0 Å². The lowest BCUT2D eigenvalue weighted by molar-refractivity contribution is -0.0364. The van der Waals surface area contributed by atoms with Crippen molar-refractivity contribution in [2.75, 3.05) is 12.5 Å². The molecule has 0 aliphatic heterocycles. The number of anilines is 1. The number of nitrogens with one attached hydrogen (secondary N) is 2. The van der Waals surface area contributed by atoms with Crippen LogP contribution in [0.1, 0.15) is 50.0 Å². The molecule has 6 nitrogen and oxygen atoms in total. The number of nitrogens with zero attached hydrogens (tertiary/aromatic N) is 1. The Balaban J connectivity index is 0.000000200. The minimum absolute atomic E-state index is 0.0731. The molecule has 5 N–H and O–H groups in total. The van der Waals surface area contributed by atoms with Crippen molar-refractivity contribution in [1.29, 1.82) is 5.26 Å². The number of halogens is 1. The first-order chi connectivity index (χ1) is 17.0. The highest BCUT2D eigenvalue weighted by atomic mass is 35.5. The fourth-order valence-electron chi connectivity index (χ4n) is 5.19. The number of aldehydes is 1. The van der Waals surface area contributed by atoms with E-state index in [1.54, 1.807) is 12.1 Å². The normalized spacial score (nSPS) is 15.1. The van der Waals surface area contributed by atoms with E-state index in [0.29, 0.717) is 28.0 Å². The number of phenolic OH excluding ortho intramolecular Hbond substituents is 1. The largest absolute Gasteiger partial charge is 0.508 e. The number of nitrogens with two attached hydrogens (primary N) is 1. The van der Waals surface area contributed by atoms with Gasteiger partial charge in [0, 0.05) is 17.3 Å². The highest BCUT2D eigenvalue weighted by Crippen LogP contribution is 2.53. The molecule has 3 aromatic carbocycles. The van der Waals surface area contributed by atoms with Crippen molar-refractivity contribution in [2.45, 2.75) is 40.2 Å². The second-order valence-corrected chi connectivity index (χ2v) is 10.5. The zero-order valence-corrected chi connectivity index (χ0v) is 22.2. The summed E-state index contributed by atoms with van der Waals surface area (Å²) in [5.74, 6) is 5.36. The summed E-state index contributed by atoms with van der Waals surface area (Å²) in [6.07, 6.45) is 2.18. The molecule has 1 saturated carbocycles. The predicted molar refractivity (Wildman–Crippen MR) is 148 cm³/mol. The van der Waals surface area contributed by atoms with Crippen LogP contribution in [0.15, 0.2) is 66.7 Å². The third-order valence-corrected chi connectivity index (χ3v) is 6.58. The first-order valence-corrected chi connectivity index (χ1v) is 12.0. The fourth-order valence-corrected chi connectivity index (χ4v) is 5.41. The molecule has 0 atom stereocenters. The maximum atomic E-state index is 10.5. The summed E-state index contributed by atoms with van der Waals surface area (Å²) < 4.78 is 0. The quantitative estimate of drug-likeness (QED) is 0.185. The zero-order valence-electron chi connectivity index (χ0n) is 21.5. The summed E-state index contributed by atoms with van der Waals surface area (Å²) in [5, 5.41) is 20.9. The number of aromatic hydroxyl groups is 1. The van der Waals surface area contributed by atoms with Gasteiger partial charge in [0.15, 0.2) is 0 Å². The molecule has 0 aromatic heterocycles. The second kappa shape index (κ2) is 12.5. The van der Waals surface area contributed by atoms with Crippen LogP contribution in [0.25, 0.3) is 11.1 Å². The van der Waals surface area contributed by atoms with Crippen LogP contribution in [-0.2, 0) is 0 Å². The van der Waals surface area contributed by atoms with Crippen LogP contribution in [0.5, 0.6) is 5.75 Å². The molecule has 0 saturated heterocycles. The molecule has 1 fully saturated rings. The van der Waals surface area contributed by atoms with Crippen molar-refractivity contribution in [1.82, 2.24) is 5.32 Å². The van der Waals surface area contributed by atoms with Crippen LogP contribution in [0.4, 0.5) is 5.69 Å². The minimum atomic E-state index is 0.0731. The monoisotopic (exact) mass is 506 g/mol. The molecular formula is C29H35ClN4O2. The molecule has 0 radical (unpaired) electrons. The summed E-state index contributed by atoms with van der Waals surface area (Å²) >= 11 is 5.55. The number of carbonyl (C=O) groups is 1. The Bertz CT molecular complexity index is 1170. The lowest BCUT2D eigenvalue weighted by Crippen LogP contribution is -2.61. The van der Waals surface area contributed by atoms with Crippen LogP contribution in [-0.4, -0.2) is 24.5 Å². The smallest absolute Gasteiger partial charge is 0.150 e. The van der Waals surface area contributed by atoms with E-state index >= 15 is 0 Å². The van der Waals surface area contributed by atoms with Gasteiger partial charge >= 0.3 is 0 Å². The summed E-state index contributed by atoms with van der Waals surface area (Å²) in [7, 11) is 2.06.